The van der Waals surface area contributed by atoms with E-state index in [0.717, 1.165) is 10.6 Å². The Morgan fingerprint density at radius 3 is 2.84 bits per heavy atom. The number of thiazole rings is 1. The summed E-state index contributed by atoms with van der Waals surface area (Å²) < 4.78 is 5.34. The van der Waals surface area contributed by atoms with E-state index in [2.05, 4.69) is 22.5 Å². The van der Waals surface area contributed by atoms with Gasteiger partial charge in [-0.1, -0.05) is 25.4 Å². The highest BCUT2D eigenvalue weighted by Gasteiger charge is 2.59. The van der Waals surface area contributed by atoms with E-state index in [9.17, 15) is 19.8 Å². The van der Waals surface area contributed by atoms with Crippen LogP contribution < -0.4 is 10.6 Å². The van der Waals surface area contributed by atoms with Crippen molar-refractivity contribution in [1.82, 2.24) is 15.3 Å². The maximum atomic E-state index is 13.2. The lowest BCUT2D eigenvalue weighted by Gasteiger charge is -2.58. The Kier molecular flexibility index (Phi) is 7.34. The SMILES string of the molecule is CC1(CO)C(O)CCC2(C)C(CC(=O)NCc3ccco3)c3nc(NC(=O)c4ccnc(Cl)c4)sc3CC12. The van der Waals surface area contributed by atoms with Gasteiger partial charge < -0.3 is 19.9 Å². The summed E-state index contributed by atoms with van der Waals surface area (Å²) in [4.78, 5) is 35.7. The first-order valence-electron chi connectivity index (χ1n) is 12.6. The molecule has 3 aromatic rings. The predicted molar refractivity (Wildman–Crippen MR) is 143 cm³/mol. The van der Waals surface area contributed by atoms with Gasteiger partial charge in [-0.25, -0.2) is 9.97 Å². The first-order valence-corrected chi connectivity index (χ1v) is 13.8. The van der Waals surface area contributed by atoms with Gasteiger partial charge in [0, 0.05) is 34.4 Å². The summed E-state index contributed by atoms with van der Waals surface area (Å²) in [6.45, 7) is 4.19. The second kappa shape index (κ2) is 10.4. The van der Waals surface area contributed by atoms with Crippen molar-refractivity contribution in [3.63, 3.8) is 0 Å². The first-order chi connectivity index (χ1) is 18.1. The third-order valence-electron chi connectivity index (χ3n) is 8.53. The average molecular weight is 559 g/mol. The van der Waals surface area contributed by atoms with Crippen molar-refractivity contribution in [3.05, 3.63) is 63.8 Å². The summed E-state index contributed by atoms with van der Waals surface area (Å²) in [5.74, 6) is -0.172. The zero-order chi connectivity index (χ0) is 27.1. The maximum Gasteiger partial charge on any atom is 0.257 e. The van der Waals surface area contributed by atoms with E-state index in [0.29, 0.717) is 35.7 Å². The Balaban J connectivity index is 1.46. The van der Waals surface area contributed by atoms with Crippen LogP contribution in [0.25, 0.3) is 0 Å². The van der Waals surface area contributed by atoms with Crippen LogP contribution in [0.15, 0.2) is 41.1 Å². The standard InChI is InChI=1S/C27H31ClN4O5S/c1-26-7-5-20(34)27(2,14-33)19(26)12-18-23(17(26)11-22(35)30-13-16-4-3-9-37-16)31-25(38-18)32-24(36)15-6-8-29-21(28)10-15/h3-4,6,8-10,17,19-20,33-34H,5,7,11-14H2,1-2H3,(H,30,35)(H,31,32,36). The largest absolute Gasteiger partial charge is 0.467 e. The number of aromatic nitrogens is 2. The van der Waals surface area contributed by atoms with Gasteiger partial charge >= 0.3 is 0 Å². The molecule has 2 amide bonds. The molecule has 9 nitrogen and oxygen atoms in total. The molecule has 5 rings (SSSR count). The molecule has 1 saturated carbocycles. The Morgan fingerprint density at radius 2 is 2.13 bits per heavy atom. The number of aliphatic hydroxyl groups is 2. The molecule has 11 heteroatoms. The number of nitrogens with one attached hydrogen (secondary N) is 2. The Bertz CT molecular complexity index is 1330. The zero-order valence-corrected chi connectivity index (χ0v) is 22.8. The van der Waals surface area contributed by atoms with Crippen molar-refractivity contribution >= 4 is 39.9 Å². The molecule has 5 atom stereocenters. The van der Waals surface area contributed by atoms with E-state index in [1.54, 1.807) is 24.5 Å². The number of furan rings is 1. The minimum absolute atomic E-state index is 0.0814. The minimum atomic E-state index is -0.727. The molecular formula is C27H31ClN4O5S. The number of nitrogens with zero attached hydrogens (tertiary/aromatic N) is 2. The second-order valence-electron chi connectivity index (χ2n) is 10.7. The molecule has 3 heterocycles. The number of anilines is 1. The third kappa shape index (κ3) is 4.86. The molecular weight excluding hydrogens is 528 g/mol. The fourth-order valence-electron chi connectivity index (χ4n) is 6.27. The van der Waals surface area contributed by atoms with Crippen molar-refractivity contribution in [1.29, 1.82) is 0 Å². The molecule has 2 aliphatic rings. The van der Waals surface area contributed by atoms with Gasteiger partial charge in [-0.3, -0.25) is 14.9 Å². The van der Waals surface area contributed by atoms with E-state index < -0.39 is 11.5 Å². The average Bonchev–Trinajstić information content (AvgIpc) is 3.56. The topological polar surface area (TPSA) is 138 Å². The fourth-order valence-corrected chi connectivity index (χ4v) is 7.51. The van der Waals surface area contributed by atoms with Gasteiger partial charge in [0.2, 0.25) is 5.91 Å². The van der Waals surface area contributed by atoms with Crippen LogP contribution in [0.3, 0.4) is 0 Å². The number of halogens is 1. The van der Waals surface area contributed by atoms with Crippen molar-refractivity contribution in [2.45, 2.75) is 58.1 Å². The molecule has 1 fully saturated rings. The summed E-state index contributed by atoms with van der Waals surface area (Å²) >= 11 is 7.32. The maximum absolute atomic E-state index is 13.2. The first kappa shape index (κ1) is 26.8. The lowest BCUT2D eigenvalue weighted by molar-refractivity contribution is -0.144. The van der Waals surface area contributed by atoms with Crippen LogP contribution in [-0.2, 0) is 17.8 Å². The molecule has 0 radical (unpaired) electrons. The minimum Gasteiger partial charge on any atom is -0.467 e. The van der Waals surface area contributed by atoms with Crippen molar-refractivity contribution in [2.24, 2.45) is 16.7 Å². The van der Waals surface area contributed by atoms with Crippen molar-refractivity contribution < 1.29 is 24.2 Å². The second-order valence-corrected chi connectivity index (χ2v) is 12.2. The van der Waals surface area contributed by atoms with Crippen LogP contribution in [0.2, 0.25) is 5.15 Å². The molecule has 4 N–H and O–H groups in total. The molecule has 3 aromatic heterocycles. The molecule has 0 spiro atoms. The highest BCUT2D eigenvalue weighted by molar-refractivity contribution is 7.15. The number of hydrogen-bond donors (Lipinski definition) is 4. The van der Waals surface area contributed by atoms with Gasteiger partial charge in [0.1, 0.15) is 10.9 Å². The van der Waals surface area contributed by atoms with Crippen LogP contribution in [0.5, 0.6) is 0 Å². The van der Waals surface area contributed by atoms with E-state index in [4.69, 9.17) is 21.0 Å². The Labute approximate surface area is 229 Å². The van der Waals surface area contributed by atoms with Crippen LogP contribution >= 0.6 is 22.9 Å². The molecule has 5 unspecified atom stereocenters. The molecule has 0 aliphatic heterocycles. The Hall–Kier alpha value is -2.79. The number of pyridine rings is 1. The van der Waals surface area contributed by atoms with E-state index in [1.165, 1.54) is 23.6 Å². The third-order valence-corrected chi connectivity index (χ3v) is 9.75. The van der Waals surface area contributed by atoms with Gasteiger partial charge in [0.05, 0.1) is 31.2 Å². The van der Waals surface area contributed by atoms with Gasteiger partial charge in [0.25, 0.3) is 5.91 Å². The van der Waals surface area contributed by atoms with Gasteiger partial charge in [-0.2, -0.15) is 0 Å². The number of amides is 2. The van der Waals surface area contributed by atoms with Crippen LogP contribution in [-0.4, -0.2) is 44.7 Å². The number of fused-ring (bicyclic) bond motifs is 2. The predicted octanol–water partition coefficient (Wildman–Crippen LogP) is 4.16. The summed E-state index contributed by atoms with van der Waals surface area (Å²) in [6.07, 6.45) is 4.39. The van der Waals surface area contributed by atoms with E-state index in [-0.39, 0.29) is 53.8 Å². The molecule has 0 saturated heterocycles. The highest BCUT2D eigenvalue weighted by atomic mass is 35.5. The number of hydrogen-bond acceptors (Lipinski definition) is 8. The molecule has 0 bridgehead atoms. The monoisotopic (exact) mass is 558 g/mol. The van der Waals surface area contributed by atoms with Crippen molar-refractivity contribution in [2.75, 3.05) is 11.9 Å². The summed E-state index contributed by atoms with van der Waals surface area (Å²) in [7, 11) is 0. The summed E-state index contributed by atoms with van der Waals surface area (Å²) in [6, 6.07) is 6.64. The lowest BCUT2D eigenvalue weighted by atomic mass is 9.47. The fraction of sp³-hybridized carbons (Fsp3) is 0.481. The molecule has 0 aromatic carbocycles. The van der Waals surface area contributed by atoms with Gasteiger partial charge in [-0.15, -0.1) is 11.3 Å². The molecule has 38 heavy (non-hydrogen) atoms. The number of carbonyl (C=O) groups excluding carboxylic acids is 2. The molecule has 2 aliphatic carbocycles. The van der Waals surface area contributed by atoms with E-state index >= 15 is 0 Å². The number of aliphatic hydroxyl groups excluding tert-OH is 2. The zero-order valence-electron chi connectivity index (χ0n) is 21.2. The van der Waals surface area contributed by atoms with Crippen LogP contribution in [0, 0.1) is 16.7 Å². The number of carbonyl (C=O) groups is 2. The van der Waals surface area contributed by atoms with E-state index in [1.807, 2.05) is 6.92 Å². The van der Waals surface area contributed by atoms with Gasteiger partial charge in [-0.05, 0) is 54.9 Å². The molecule has 202 valence electrons. The Morgan fingerprint density at radius 1 is 1.32 bits per heavy atom. The van der Waals surface area contributed by atoms with Crippen molar-refractivity contribution in [3.8, 4) is 0 Å². The lowest BCUT2D eigenvalue weighted by Crippen LogP contribution is -2.57. The van der Waals surface area contributed by atoms with Crippen LogP contribution in [0.1, 0.15) is 65.7 Å². The summed E-state index contributed by atoms with van der Waals surface area (Å²) in [5.41, 5.74) is 0.0411. The smallest absolute Gasteiger partial charge is 0.257 e. The van der Waals surface area contributed by atoms with Gasteiger partial charge in [0.15, 0.2) is 5.13 Å². The summed E-state index contributed by atoms with van der Waals surface area (Å²) in [5, 5.41) is 27.8. The quantitative estimate of drug-likeness (QED) is 0.319. The normalized spacial score (nSPS) is 28.3. The highest BCUT2D eigenvalue weighted by Crippen LogP contribution is 2.62. The van der Waals surface area contributed by atoms with Crippen LogP contribution in [0.4, 0.5) is 5.13 Å². The number of rotatable bonds is 7.